The molecule has 0 aliphatic rings. The van der Waals surface area contributed by atoms with Crippen molar-refractivity contribution in [3.05, 3.63) is 35.3 Å². The van der Waals surface area contributed by atoms with Crippen LogP contribution in [0.1, 0.15) is 27.7 Å². The zero-order valence-corrected chi connectivity index (χ0v) is 16.5. The van der Waals surface area contributed by atoms with Crippen LogP contribution < -0.4 is 42.4 Å². The van der Waals surface area contributed by atoms with Crippen molar-refractivity contribution in [1.82, 2.24) is 0 Å². The summed E-state index contributed by atoms with van der Waals surface area (Å²) in [6.45, 7) is 8.94. The summed E-state index contributed by atoms with van der Waals surface area (Å²) in [5, 5.41) is 1.43. The molecule has 0 heterocycles. The van der Waals surface area contributed by atoms with Crippen LogP contribution in [0.5, 0.6) is 0 Å². The van der Waals surface area contributed by atoms with E-state index in [-0.39, 0.29) is 64.5 Å². The Bertz CT molecular complexity index is 284. The van der Waals surface area contributed by atoms with E-state index in [2.05, 4.69) is 58.0 Å². The Morgan fingerprint density at radius 2 is 1.44 bits per heavy atom. The quantitative estimate of drug-likeness (QED) is 0.474. The summed E-state index contributed by atoms with van der Waals surface area (Å²) < 4.78 is 0. The first-order chi connectivity index (χ1) is 6.52. The van der Waals surface area contributed by atoms with Crippen LogP contribution in [-0.2, 0) is 21.7 Å². The fourth-order valence-corrected chi connectivity index (χ4v) is 2.50. The maximum absolute atomic E-state index is 4.86. The molecule has 0 fully saturated rings. The molecule has 0 atom stereocenters. The zero-order valence-electron chi connectivity index (χ0n) is 11.3. The first-order valence-corrected chi connectivity index (χ1v) is 6.59. The van der Waals surface area contributed by atoms with Gasteiger partial charge in [0.05, 0.1) is 0 Å². The number of hydrogen-bond donors (Lipinski definition) is 0. The van der Waals surface area contributed by atoms with E-state index in [1.165, 1.54) is 5.19 Å². The standard InChI is InChI=1S/C12H20NSi.3ClH.Ti/c1-10(2)12(3,4)13-14-11-8-6-5-7-9-11;;;;/h5-10H,14H2,1-4H3;3*1H;/q-1;;;;+4/p-3. The Morgan fingerprint density at radius 1 is 1.00 bits per heavy atom. The molecule has 0 amide bonds. The molecule has 0 saturated heterocycles. The van der Waals surface area contributed by atoms with Crippen molar-refractivity contribution in [2.75, 3.05) is 0 Å². The predicted molar refractivity (Wildman–Crippen MR) is 66.9 cm³/mol. The van der Waals surface area contributed by atoms with Gasteiger partial charge in [-0.2, -0.15) is 0 Å². The molecular weight excluding hydrogens is 340 g/mol. The first-order valence-electron chi connectivity index (χ1n) is 5.25. The molecule has 0 bridgehead atoms. The Kier molecular flexibility index (Phi) is 19.7. The predicted octanol–water partition coefficient (Wildman–Crippen LogP) is -6.79. The second-order valence-electron chi connectivity index (χ2n) is 4.61. The molecule has 18 heavy (non-hydrogen) atoms. The van der Waals surface area contributed by atoms with Crippen molar-refractivity contribution < 1.29 is 58.9 Å². The van der Waals surface area contributed by atoms with Crippen LogP contribution >= 0.6 is 0 Å². The van der Waals surface area contributed by atoms with Crippen LogP contribution in [0.3, 0.4) is 0 Å². The summed E-state index contributed by atoms with van der Waals surface area (Å²) in [7, 11) is -0.433. The molecule has 1 nitrogen and oxygen atoms in total. The van der Waals surface area contributed by atoms with E-state index in [0.29, 0.717) is 5.92 Å². The van der Waals surface area contributed by atoms with E-state index >= 15 is 0 Å². The average molecular weight is 361 g/mol. The summed E-state index contributed by atoms with van der Waals surface area (Å²) >= 11 is 0. The Balaban J connectivity index is -0.000000245. The molecule has 0 aromatic heterocycles. The van der Waals surface area contributed by atoms with E-state index in [4.69, 9.17) is 4.98 Å². The van der Waals surface area contributed by atoms with E-state index in [1.54, 1.807) is 0 Å². The van der Waals surface area contributed by atoms with E-state index < -0.39 is 9.68 Å². The molecule has 0 saturated carbocycles. The molecule has 0 N–H and O–H groups in total. The second-order valence-corrected chi connectivity index (χ2v) is 6.06. The summed E-state index contributed by atoms with van der Waals surface area (Å²) in [5.41, 5.74) is 0.141. The van der Waals surface area contributed by atoms with Gasteiger partial charge in [0.1, 0.15) is 0 Å². The maximum Gasteiger partial charge on any atom is 4.00 e. The zero-order chi connectivity index (χ0) is 10.6. The van der Waals surface area contributed by atoms with Crippen molar-refractivity contribution in [1.29, 1.82) is 0 Å². The number of nitrogens with zero attached hydrogens (tertiary/aromatic N) is 1. The normalized spacial score (nSPS) is 10.1. The molecule has 0 aliphatic carbocycles. The number of hydrogen-bond acceptors (Lipinski definition) is 0. The molecule has 1 aromatic carbocycles. The smallest absolute Gasteiger partial charge is 1.00 e. The fraction of sp³-hybridized carbons (Fsp3) is 0.500. The van der Waals surface area contributed by atoms with Crippen molar-refractivity contribution >= 4 is 14.9 Å². The minimum absolute atomic E-state index is 0. The first kappa shape index (κ1) is 27.3. The monoisotopic (exact) mass is 359 g/mol. The van der Waals surface area contributed by atoms with E-state index in [0.717, 1.165) is 0 Å². The van der Waals surface area contributed by atoms with Crippen LogP contribution in [-0.4, -0.2) is 15.2 Å². The molecule has 1 aromatic rings. The third-order valence-corrected chi connectivity index (χ3v) is 4.73. The van der Waals surface area contributed by atoms with Gasteiger partial charge in [-0.3, -0.25) is 0 Å². The van der Waals surface area contributed by atoms with Gasteiger partial charge in [0.2, 0.25) is 0 Å². The Morgan fingerprint density at radius 3 is 1.83 bits per heavy atom. The van der Waals surface area contributed by atoms with E-state index in [1.807, 2.05) is 0 Å². The van der Waals surface area contributed by atoms with Gasteiger partial charge in [0.15, 0.2) is 0 Å². The van der Waals surface area contributed by atoms with Crippen LogP contribution in [0, 0.1) is 5.92 Å². The summed E-state index contributed by atoms with van der Waals surface area (Å²) in [5.74, 6) is 0.624. The average Bonchev–Trinajstić information content (AvgIpc) is 2.16. The molecular formula is C12H20Cl3NSiTi. The number of rotatable bonds is 4. The molecule has 0 radical (unpaired) electrons. The van der Waals surface area contributed by atoms with Crippen LogP contribution in [0.15, 0.2) is 30.3 Å². The number of benzene rings is 1. The topological polar surface area (TPSA) is 14.1 Å². The summed E-state index contributed by atoms with van der Waals surface area (Å²) in [4.78, 5) is 4.86. The molecule has 6 heteroatoms. The summed E-state index contributed by atoms with van der Waals surface area (Å²) in [6, 6.07) is 10.6. The van der Waals surface area contributed by atoms with E-state index in [9.17, 15) is 0 Å². The molecule has 1 rings (SSSR count). The molecule has 102 valence electrons. The molecule has 0 spiro atoms. The van der Waals surface area contributed by atoms with Gasteiger partial charge in [-0.25, -0.2) is 0 Å². The number of halogens is 3. The van der Waals surface area contributed by atoms with Crippen LogP contribution in [0.4, 0.5) is 0 Å². The largest absolute Gasteiger partial charge is 4.00 e. The van der Waals surface area contributed by atoms with Gasteiger partial charge in [0.25, 0.3) is 0 Å². The van der Waals surface area contributed by atoms with Crippen molar-refractivity contribution in [2.45, 2.75) is 33.2 Å². The van der Waals surface area contributed by atoms with Gasteiger partial charge in [0, 0.05) is 0 Å². The molecule has 0 unspecified atom stereocenters. The Labute approximate surface area is 147 Å². The van der Waals surface area contributed by atoms with Gasteiger partial charge in [-0.1, -0.05) is 78.8 Å². The fourth-order valence-electron chi connectivity index (χ4n) is 1.06. The van der Waals surface area contributed by atoms with Crippen LogP contribution in [0.2, 0.25) is 0 Å². The van der Waals surface area contributed by atoms with Gasteiger partial charge in [-0.05, 0) is 0 Å². The van der Waals surface area contributed by atoms with Crippen LogP contribution in [0.25, 0.3) is 4.98 Å². The van der Waals surface area contributed by atoms with Gasteiger partial charge >= 0.3 is 21.7 Å². The maximum atomic E-state index is 4.86. The Hall–Kier alpha value is 0.981. The molecule has 0 aliphatic heterocycles. The SMILES string of the molecule is CC(C)C(C)(C)[N-][SiH2]c1ccccc1.[Cl-].[Cl-].[Cl-].[Ti+4]. The van der Waals surface area contributed by atoms with Crippen molar-refractivity contribution in [3.8, 4) is 0 Å². The van der Waals surface area contributed by atoms with Gasteiger partial charge in [-0.15, -0.1) is 5.54 Å². The van der Waals surface area contributed by atoms with Crippen molar-refractivity contribution in [3.63, 3.8) is 0 Å². The minimum atomic E-state index is -0.433. The minimum Gasteiger partial charge on any atom is -1.00 e. The summed E-state index contributed by atoms with van der Waals surface area (Å²) in [6.07, 6.45) is 0. The van der Waals surface area contributed by atoms with Crippen molar-refractivity contribution in [2.24, 2.45) is 5.92 Å². The third kappa shape index (κ3) is 9.85. The second kappa shape index (κ2) is 13.0. The van der Waals surface area contributed by atoms with Gasteiger partial charge < -0.3 is 42.2 Å². The third-order valence-electron chi connectivity index (χ3n) is 2.92.